The lowest BCUT2D eigenvalue weighted by Gasteiger charge is -2.09. The topological polar surface area (TPSA) is 196 Å². The van der Waals surface area contributed by atoms with Gasteiger partial charge in [-0.05, 0) is 5.53 Å². The molecule has 0 fully saturated rings. The van der Waals surface area contributed by atoms with Crippen LogP contribution < -0.4 is 5.32 Å². The fraction of sp³-hybridized carbons (Fsp3) is 0.931. The number of nitrogens with zero attached hydrogens (tertiary/aromatic N) is 3. The van der Waals surface area contributed by atoms with Crippen LogP contribution in [0.3, 0.4) is 0 Å². The van der Waals surface area contributed by atoms with E-state index in [2.05, 4.69) is 15.3 Å². The van der Waals surface area contributed by atoms with Crippen LogP contribution in [-0.2, 0) is 61.7 Å². The minimum Gasteiger partial charge on any atom is -0.379 e. The number of hydrogen-bond donors (Lipinski definition) is 1. The Labute approximate surface area is 282 Å². The first-order valence-corrected chi connectivity index (χ1v) is 16.9. The van der Waals surface area contributed by atoms with Crippen molar-refractivity contribution in [1.29, 1.82) is 0 Å². The maximum atomic E-state index is 11.5. The number of nitrogens with one attached hydrogen (secondary N) is 1. The smallest absolute Gasteiger partial charge is 0.220 e. The number of carbonyl (C=O) groups is 2. The minimum absolute atomic E-state index is 0.0125. The van der Waals surface area contributed by atoms with E-state index in [-0.39, 0.29) is 11.0 Å². The largest absolute Gasteiger partial charge is 0.379 e. The Morgan fingerprint density at radius 1 is 0.532 bits per heavy atom. The van der Waals surface area contributed by atoms with E-state index < -0.39 is 0 Å². The van der Waals surface area contributed by atoms with Crippen molar-refractivity contribution < 1.29 is 61.7 Å². The average molecular weight is 701 g/mol. The summed E-state index contributed by atoms with van der Waals surface area (Å²) in [4.78, 5) is 25.0. The third kappa shape index (κ3) is 42.3. The Hall–Kier alpha value is -1.64. The molecule has 18 heteroatoms. The van der Waals surface area contributed by atoms with Crippen LogP contribution >= 0.6 is 11.8 Å². The molecule has 0 spiro atoms. The first-order chi connectivity index (χ1) is 23.2. The number of ether oxygens (including phenoxy) is 11. The van der Waals surface area contributed by atoms with Crippen LogP contribution in [0.4, 0.5) is 0 Å². The molecular formula is C29H56N4O13S. The molecule has 0 aliphatic carbocycles. The maximum Gasteiger partial charge on any atom is 0.220 e. The lowest BCUT2D eigenvalue weighted by atomic mass is 10.4. The van der Waals surface area contributed by atoms with Gasteiger partial charge in [-0.15, -0.1) is 0 Å². The molecule has 0 unspecified atom stereocenters. The SMILES string of the molecule is CC(=O)SCCC(=O)NCCOCCOCCOCCOCCOCCOCCOCCOCCOCCOCCOCCN=[N+]=[N-]. The second-order valence-electron chi connectivity index (χ2n) is 9.13. The lowest BCUT2D eigenvalue weighted by Crippen LogP contribution is -2.28. The summed E-state index contributed by atoms with van der Waals surface area (Å²) in [6, 6.07) is 0. The van der Waals surface area contributed by atoms with E-state index >= 15 is 0 Å². The van der Waals surface area contributed by atoms with Gasteiger partial charge in [-0.25, -0.2) is 0 Å². The summed E-state index contributed by atoms with van der Waals surface area (Å²) >= 11 is 1.14. The van der Waals surface area contributed by atoms with Crippen LogP contribution in [-0.4, -0.2) is 175 Å². The fourth-order valence-corrected chi connectivity index (χ4v) is 3.66. The van der Waals surface area contributed by atoms with Gasteiger partial charge in [0.1, 0.15) is 0 Å². The number of carbonyl (C=O) groups excluding carboxylic acids is 2. The molecule has 1 amide bonds. The quantitative estimate of drug-likeness (QED) is 0.0416. The van der Waals surface area contributed by atoms with Gasteiger partial charge >= 0.3 is 0 Å². The molecule has 0 radical (unpaired) electrons. The molecule has 0 saturated heterocycles. The Morgan fingerprint density at radius 2 is 0.830 bits per heavy atom. The molecule has 0 bridgehead atoms. The van der Waals surface area contributed by atoms with E-state index in [1.807, 2.05) is 0 Å². The predicted octanol–water partition coefficient (Wildman–Crippen LogP) is 1.27. The standard InChI is InChI=1S/C29H56N4O13S/c1-28(34)47-27-2-29(35)31-3-5-36-7-9-38-11-13-40-15-17-42-19-21-44-23-25-46-26-24-45-22-20-43-18-16-41-14-12-39-10-8-37-6-4-32-33-30/h2-27H2,1H3,(H,31,35). The zero-order valence-corrected chi connectivity index (χ0v) is 28.8. The molecular weight excluding hydrogens is 644 g/mol. The number of thioether (sulfide) groups is 1. The zero-order chi connectivity index (χ0) is 34.1. The molecule has 0 rings (SSSR count). The third-order valence-electron chi connectivity index (χ3n) is 5.32. The molecule has 0 atom stereocenters. The van der Waals surface area contributed by atoms with Gasteiger partial charge < -0.3 is 57.4 Å². The van der Waals surface area contributed by atoms with Gasteiger partial charge in [-0.1, -0.05) is 16.9 Å². The Bertz CT molecular complexity index is 740. The second kappa shape index (κ2) is 40.5. The highest BCUT2D eigenvalue weighted by Crippen LogP contribution is 2.02. The molecule has 0 aliphatic heterocycles. The molecule has 1 N–H and O–H groups in total. The van der Waals surface area contributed by atoms with E-state index in [0.29, 0.717) is 171 Å². The van der Waals surface area contributed by atoms with Crippen molar-refractivity contribution in [2.75, 3.05) is 164 Å². The summed E-state index contributed by atoms with van der Waals surface area (Å²) in [7, 11) is 0. The molecule has 0 heterocycles. The monoisotopic (exact) mass is 700 g/mol. The van der Waals surface area contributed by atoms with Crippen LogP contribution in [0.2, 0.25) is 0 Å². The van der Waals surface area contributed by atoms with Crippen molar-refractivity contribution in [3.05, 3.63) is 10.4 Å². The summed E-state index contributed by atoms with van der Waals surface area (Å²) in [6.07, 6.45) is 0.319. The third-order valence-corrected chi connectivity index (χ3v) is 6.14. The first kappa shape index (κ1) is 45.4. The molecule has 0 aromatic carbocycles. The van der Waals surface area contributed by atoms with Crippen LogP contribution in [0.25, 0.3) is 10.4 Å². The molecule has 17 nitrogen and oxygen atoms in total. The van der Waals surface area contributed by atoms with Crippen LogP contribution in [0, 0.1) is 0 Å². The van der Waals surface area contributed by atoms with Crippen molar-refractivity contribution in [2.45, 2.75) is 13.3 Å². The number of rotatable bonds is 39. The Morgan fingerprint density at radius 3 is 1.13 bits per heavy atom. The van der Waals surface area contributed by atoms with Crippen molar-refractivity contribution in [2.24, 2.45) is 5.11 Å². The van der Waals surface area contributed by atoms with E-state index in [4.69, 9.17) is 57.6 Å². The van der Waals surface area contributed by atoms with E-state index in [9.17, 15) is 9.59 Å². The van der Waals surface area contributed by atoms with Gasteiger partial charge in [0.25, 0.3) is 0 Å². The van der Waals surface area contributed by atoms with E-state index in [0.717, 1.165) is 11.8 Å². The van der Waals surface area contributed by atoms with Gasteiger partial charge in [0.05, 0.1) is 145 Å². The lowest BCUT2D eigenvalue weighted by molar-refractivity contribution is -0.120. The molecule has 0 aliphatic rings. The Balaban J connectivity index is 3.09. The van der Waals surface area contributed by atoms with Gasteiger partial charge in [0.15, 0.2) is 5.12 Å². The van der Waals surface area contributed by atoms with Gasteiger partial charge in [-0.3, -0.25) is 9.59 Å². The van der Waals surface area contributed by atoms with E-state index in [1.54, 1.807) is 0 Å². The normalized spacial score (nSPS) is 11.1. The highest BCUT2D eigenvalue weighted by Gasteiger charge is 2.02. The fourth-order valence-electron chi connectivity index (χ4n) is 3.09. The Kier molecular flexibility index (Phi) is 39.1. The van der Waals surface area contributed by atoms with Gasteiger partial charge in [0.2, 0.25) is 5.91 Å². The number of hydrogen-bond acceptors (Lipinski definition) is 15. The predicted molar refractivity (Wildman–Crippen MR) is 174 cm³/mol. The molecule has 276 valence electrons. The summed E-state index contributed by atoms with van der Waals surface area (Å²) in [6.45, 7) is 12.5. The van der Waals surface area contributed by atoms with Crippen molar-refractivity contribution in [1.82, 2.24) is 5.32 Å². The highest BCUT2D eigenvalue weighted by molar-refractivity contribution is 8.13. The molecule has 0 saturated carbocycles. The summed E-state index contributed by atoms with van der Waals surface area (Å²) < 4.78 is 59.5. The van der Waals surface area contributed by atoms with Crippen LogP contribution in [0.5, 0.6) is 0 Å². The average Bonchev–Trinajstić information content (AvgIpc) is 3.06. The van der Waals surface area contributed by atoms with Crippen molar-refractivity contribution in [3.63, 3.8) is 0 Å². The minimum atomic E-state index is -0.0884. The molecule has 0 aromatic heterocycles. The summed E-state index contributed by atoms with van der Waals surface area (Å²) in [5, 5.41) is 6.12. The maximum absolute atomic E-state index is 11.5. The molecule has 0 aromatic rings. The van der Waals surface area contributed by atoms with Crippen LogP contribution in [0.1, 0.15) is 13.3 Å². The summed E-state index contributed by atoms with van der Waals surface area (Å²) in [5.74, 6) is 0.404. The van der Waals surface area contributed by atoms with Gasteiger partial charge in [0, 0.05) is 37.1 Å². The highest BCUT2D eigenvalue weighted by atomic mass is 32.2. The number of amides is 1. The van der Waals surface area contributed by atoms with Crippen LogP contribution in [0.15, 0.2) is 5.11 Å². The number of azide groups is 1. The second-order valence-corrected chi connectivity index (χ2v) is 10.4. The molecule has 47 heavy (non-hydrogen) atoms. The van der Waals surface area contributed by atoms with E-state index in [1.165, 1.54) is 6.92 Å². The summed E-state index contributed by atoms with van der Waals surface area (Å²) in [5.41, 5.74) is 8.13. The first-order valence-electron chi connectivity index (χ1n) is 15.9. The zero-order valence-electron chi connectivity index (χ0n) is 27.9. The van der Waals surface area contributed by atoms with Gasteiger partial charge in [-0.2, -0.15) is 0 Å². The van der Waals surface area contributed by atoms with Crippen molar-refractivity contribution >= 4 is 22.8 Å². The van der Waals surface area contributed by atoms with Crippen molar-refractivity contribution in [3.8, 4) is 0 Å².